The number of rotatable bonds is 2. The first-order valence-corrected chi connectivity index (χ1v) is 6.88. The Morgan fingerprint density at radius 3 is 2.53 bits per heavy atom. The molecular formula is C12H13Br2N3. The maximum absolute atomic E-state index is 5.58. The molecule has 3 N–H and O–H groups in total. The van der Waals surface area contributed by atoms with E-state index in [1.807, 2.05) is 18.2 Å². The average Bonchev–Trinajstić information content (AvgIpc) is 2.27. The summed E-state index contributed by atoms with van der Waals surface area (Å²) in [5, 5.41) is 0.998. The predicted octanol–water partition coefficient (Wildman–Crippen LogP) is 4.17. The molecule has 1 aromatic heterocycles. The highest BCUT2D eigenvalue weighted by Crippen LogP contribution is 2.33. The average molecular weight is 359 g/mol. The molecule has 0 aliphatic rings. The fraction of sp³-hybridized carbons (Fsp3) is 0.250. The lowest BCUT2D eigenvalue weighted by atomic mass is 10.1. The number of nitrogens with zero attached hydrogens (tertiary/aromatic N) is 1. The van der Waals surface area contributed by atoms with Crippen LogP contribution in [0.2, 0.25) is 0 Å². The lowest BCUT2D eigenvalue weighted by Crippen LogP contribution is -2.09. The minimum atomic E-state index is 0.363. The monoisotopic (exact) mass is 357 g/mol. The van der Waals surface area contributed by atoms with Crippen molar-refractivity contribution in [2.75, 3.05) is 5.43 Å². The van der Waals surface area contributed by atoms with Gasteiger partial charge in [-0.2, -0.15) is 0 Å². The minimum Gasteiger partial charge on any atom is -0.323 e. The van der Waals surface area contributed by atoms with Crippen molar-refractivity contribution in [3.05, 3.63) is 32.8 Å². The quantitative estimate of drug-likeness (QED) is 0.625. The van der Waals surface area contributed by atoms with Crippen LogP contribution in [0.25, 0.3) is 10.9 Å². The third-order valence-corrected chi connectivity index (χ3v) is 3.66. The number of hydrogen-bond donors (Lipinski definition) is 2. The molecule has 1 aromatic carbocycles. The summed E-state index contributed by atoms with van der Waals surface area (Å²) in [6.45, 7) is 4.22. The third-order valence-electron chi connectivity index (χ3n) is 2.60. The molecule has 17 heavy (non-hydrogen) atoms. The Morgan fingerprint density at radius 1 is 1.24 bits per heavy atom. The molecule has 0 unspecified atom stereocenters. The van der Waals surface area contributed by atoms with Crippen LogP contribution in [0.5, 0.6) is 0 Å². The van der Waals surface area contributed by atoms with Gasteiger partial charge in [-0.3, -0.25) is 10.8 Å². The van der Waals surface area contributed by atoms with Crippen LogP contribution in [-0.2, 0) is 0 Å². The number of benzene rings is 1. The summed E-state index contributed by atoms with van der Waals surface area (Å²) in [6, 6.07) is 5.98. The molecule has 2 aromatic rings. The topological polar surface area (TPSA) is 50.9 Å². The first kappa shape index (κ1) is 12.8. The van der Waals surface area contributed by atoms with Crippen molar-refractivity contribution in [1.29, 1.82) is 0 Å². The number of nitrogens with two attached hydrogens (primary N) is 1. The number of anilines is 1. The Labute approximate surface area is 117 Å². The van der Waals surface area contributed by atoms with Crippen LogP contribution >= 0.6 is 31.9 Å². The van der Waals surface area contributed by atoms with E-state index in [1.54, 1.807) is 0 Å². The highest BCUT2D eigenvalue weighted by atomic mass is 79.9. The molecule has 5 heteroatoms. The van der Waals surface area contributed by atoms with E-state index < -0.39 is 0 Å². The first-order valence-electron chi connectivity index (χ1n) is 5.29. The van der Waals surface area contributed by atoms with Crippen LogP contribution in [0, 0.1) is 0 Å². The molecular weight excluding hydrogens is 346 g/mol. The van der Waals surface area contributed by atoms with Gasteiger partial charge in [0.15, 0.2) is 0 Å². The molecule has 0 amide bonds. The number of aromatic nitrogens is 1. The number of halogens is 2. The van der Waals surface area contributed by atoms with Crippen LogP contribution in [0.1, 0.15) is 25.5 Å². The normalized spacial score (nSPS) is 11.2. The Morgan fingerprint density at radius 2 is 1.94 bits per heavy atom. The van der Waals surface area contributed by atoms with Crippen LogP contribution in [0.4, 0.5) is 5.69 Å². The number of hydrogen-bond acceptors (Lipinski definition) is 3. The van der Waals surface area contributed by atoms with E-state index in [9.17, 15) is 0 Å². The standard InChI is InChI=1S/C12H13Br2N3/c1-6(2)10-5-11(17-15)8-3-7(13)4-9(14)12(8)16-10/h3-6H,15H2,1-2H3,(H,16,17). The highest BCUT2D eigenvalue weighted by Gasteiger charge is 2.11. The number of nitrogens with one attached hydrogen (secondary N) is 1. The number of fused-ring (bicyclic) bond motifs is 1. The number of hydrazine groups is 1. The zero-order valence-electron chi connectivity index (χ0n) is 9.59. The molecule has 3 nitrogen and oxygen atoms in total. The molecule has 1 heterocycles. The van der Waals surface area contributed by atoms with Crippen LogP contribution in [-0.4, -0.2) is 4.98 Å². The molecule has 0 spiro atoms. The van der Waals surface area contributed by atoms with Gasteiger partial charge in [0.05, 0.1) is 11.2 Å². The molecule has 0 aliphatic heterocycles. The van der Waals surface area contributed by atoms with Crippen molar-refractivity contribution in [2.45, 2.75) is 19.8 Å². The maximum atomic E-state index is 5.58. The summed E-state index contributed by atoms with van der Waals surface area (Å²) < 4.78 is 1.95. The SMILES string of the molecule is CC(C)c1cc(NN)c2cc(Br)cc(Br)c2n1. The van der Waals surface area contributed by atoms with Gasteiger partial charge in [0, 0.05) is 20.0 Å². The lowest BCUT2D eigenvalue weighted by Gasteiger charge is -2.12. The molecule has 0 saturated heterocycles. The van der Waals surface area contributed by atoms with Crippen LogP contribution in [0.3, 0.4) is 0 Å². The lowest BCUT2D eigenvalue weighted by molar-refractivity contribution is 0.830. The van der Waals surface area contributed by atoms with E-state index >= 15 is 0 Å². The van der Waals surface area contributed by atoms with Crippen molar-refractivity contribution in [3.8, 4) is 0 Å². The number of nitrogen functional groups attached to an aromatic ring is 1. The molecule has 2 rings (SSSR count). The molecule has 90 valence electrons. The fourth-order valence-corrected chi connectivity index (χ4v) is 3.00. The van der Waals surface area contributed by atoms with Crippen molar-refractivity contribution >= 4 is 48.5 Å². The second-order valence-electron chi connectivity index (χ2n) is 4.18. The largest absolute Gasteiger partial charge is 0.323 e. The van der Waals surface area contributed by atoms with Gasteiger partial charge in [0.1, 0.15) is 0 Å². The maximum Gasteiger partial charge on any atom is 0.0869 e. The second kappa shape index (κ2) is 4.92. The Kier molecular flexibility index (Phi) is 3.70. The van der Waals surface area contributed by atoms with Crippen molar-refractivity contribution in [1.82, 2.24) is 4.98 Å². The van der Waals surface area contributed by atoms with Gasteiger partial charge in [0.2, 0.25) is 0 Å². The molecule has 0 bridgehead atoms. The van der Waals surface area contributed by atoms with Crippen molar-refractivity contribution in [2.24, 2.45) is 5.84 Å². The van der Waals surface area contributed by atoms with E-state index in [-0.39, 0.29) is 0 Å². The third kappa shape index (κ3) is 2.46. The minimum absolute atomic E-state index is 0.363. The fourth-order valence-electron chi connectivity index (χ4n) is 1.69. The molecule has 0 radical (unpaired) electrons. The summed E-state index contributed by atoms with van der Waals surface area (Å²) in [5.74, 6) is 5.94. The Hall–Kier alpha value is -0.650. The van der Waals surface area contributed by atoms with Gasteiger partial charge in [0.25, 0.3) is 0 Å². The zero-order chi connectivity index (χ0) is 12.6. The van der Waals surface area contributed by atoms with E-state index in [0.717, 1.165) is 31.2 Å². The molecule has 0 fully saturated rings. The van der Waals surface area contributed by atoms with Gasteiger partial charge in [-0.15, -0.1) is 0 Å². The smallest absolute Gasteiger partial charge is 0.0869 e. The predicted molar refractivity (Wildman–Crippen MR) is 79.0 cm³/mol. The Balaban J connectivity index is 2.82. The highest BCUT2D eigenvalue weighted by molar-refractivity contribution is 9.11. The van der Waals surface area contributed by atoms with E-state index in [0.29, 0.717) is 5.92 Å². The summed E-state index contributed by atoms with van der Waals surface area (Å²) >= 11 is 7.00. The second-order valence-corrected chi connectivity index (χ2v) is 5.95. The van der Waals surface area contributed by atoms with Gasteiger partial charge < -0.3 is 5.43 Å². The molecule has 0 atom stereocenters. The van der Waals surface area contributed by atoms with E-state index in [4.69, 9.17) is 5.84 Å². The van der Waals surface area contributed by atoms with E-state index in [1.165, 1.54) is 0 Å². The Bertz CT molecular complexity index is 567. The summed E-state index contributed by atoms with van der Waals surface area (Å²) in [5.41, 5.74) is 5.57. The summed E-state index contributed by atoms with van der Waals surface area (Å²) in [4.78, 5) is 4.66. The molecule has 0 aliphatic carbocycles. The number of pyridine rings is 1. The van der Waals surface area contributed by atoms with Crippen LogP contribution < -0.4 is 11.3 Å². The van der Waals surface area contributed by atoms with Crippen molar-refractivity contribution in [3.63, 3.8) is 0 Å². The first-order chi connectivity index (χ1) is 8.02. The zero-order valence-corrected chi connectivity index (χ0v) is 12.8. The van der Waals surface area contributed by atoms with Crippen LogP contribution in [0.15, 0.2) is 27.1 Å². The van der Waals surface area contributed by atoms with Gasteiger partial charge in [-0.1, -0.05) is 29.8 Å². The molecule has 0 saturated carbocycles. The van der Waals surface area contributed by atoms with Gasteiger partial charge in [-0.25, -0.2) is 0 Å². The van der Waals surface area contributed by atoms with Gasteiger partial charge >= 0.3 is 0 Å². The van der Waals surface area contributed by atoms with Crippen molar-refractivity contribution < 1.29 is 0 Å². The van der Waals surface area contributed by atoms with E-state index in [2.05, 4.69) is 56.1 Å². The summed E-state index contributed by atoms with van der Waals surface area (Å²) in [6.07, 6.45) is 0. The van der Waals surface area contributed by atoms with Gasteiger partial charge in [-0.05, 0) is 40.0 Å². The summed E-state index contributed by atoms with van der Waals surface area (Å²) in [7, 11) is 0.